The highest BCUT2D eigenvalue weighted by Crippen LogP contribution is 2.24. The van der Waals surface area contributed by atoms with Crippen LogP contribution in [0.4, 0.5) is 13.2 Å². The Balaban J connectivity index is 2.27. The quantitative estimate of drug-likeness (QED) is 0.624. The summed E-state index contributed by atoms with van der Waals surface area (Å²) in [5.41, 5.74) is 0.213. The van der Waals surface area contributed by atoms with E-state index in [2.05, 4.69) is 23.7 Å². The number of halogens is 3. The van der Waals surface area contributed by atoms with Crippen molar-refractivity contribution in [1.29, 1.82) is 0 Å². The summed E-state index contributed by atoms with van der Waals surface area (Å²) < 4.78 is 38.7. The molecule has 0 amide bonds. The third-order valence-corrected chi connectivity index (χ3v) is 2.63. The van der Waals surface area contributed by atoms with E-state index in [4.69, 9.17) is 0 Å². The number of hydrogen-bond acceptors (Lipinski definition) is 0. The van der Waals surface area contributed by atoms with Gasteiger partial charge in [-0.2, -0.15) is 13.2 Å². The molecule has 2 aromatic carbocycles. The largest absolute Gasteiger partial charge is 0.424 e. The average molecular weight is 296 g/mol. The predicted molar refractivity (Wildman–Crippen MR) is 80.8 cm³/mol. The normalized spacial score (nSPS) is 11.0. The zero-order valence-corrected chi connectivity index (χ0v) is 11.5. The molecule has 3 heteroatoms. The van der Waals surface area contributed by atoms with E-state index in [1.165, 1.54) is 0 Å². The lowest BCUT2D eigenvalue weighted by Gasteiger charge is -2.03. The highest BCUT2D eigenvalue weighted by molar-refractivity contribution is 5.46. The van der Waals surface area contributed by atoms with E-state index in [1.807, 2.05) is 6.07 Å². The van der Waals surface area contributed by atoms with Crippen molar-refractivity contribution in [1.82, 2.24) is 0 Å². The van der Waals surface area contributed by atoms with E-state index in [9.17, 15) is 13.2 Å². The second-order valence-corrected chi connectivity index (χ2v) is 4.31. The van der Waals surface area contributed by atoms with Gasteiger partial charge < -0.3 is 0 Å². The fraction of sp³-hybridized carbons (Fsp3) is 0.0526. The first kappa shape index (κ1) is 15.5. The van der Waals surface area contributed by atoms with Crippen LogP contribution in [0, 0.1) is 23.7 Å². The summed E-state index contributed by atoms with van der Waals surface area (Å²) in [7, 11) is 0. The standard InChI is InChI=1S/C19H11F3/c20-19(21,22)18(15-14-17-10-5-2-6-11-17)13-7-12-16-8-3-1-4-9-16/h1-6,8-11,13H/b18-13-. The minimum Gasteiger partial charge on any atom is -0.165 e. The zero-order valence-electron chi connectivity index (χ0n) is 11.5. The van der Waals surface area contributed by atoms with E-state index in [1.54, 1.807) is 54.6 Å². The smallest absolute Gasteiger partial charge is 0.165 e. The second kappa shape index (κ2) is 7.20. The number of allylic oxidation sites excluding steroid dienone is 2. The molecule has 2 rings (SSSR count). The second-order valence-electron chi connectivity index (χ2n) is 4.31. The Morgan fingerprint density at radius 1 is 0.773 bits per heavy atom. The van der Waals surface area contributed by atoms with Crippen LogP contribution < -0.4 is 0 Å². The summed E-state index contributed by atoms with van der Waals surface area (Å²) in [6, 6.07) is 17.3. The molecule has 108 valence electrons. The van der Waals surface area contributed by atoms with Crippen molar-refractivity contribution in [3.63, 3.8) is 0 Å². The first-order valence-corrected chi connectivity index (χ1v) is 6.47. The number of alkyl halides is 3. The molecular weight excluding hydrogens is 285 g/mol. The van der Waals surface area contributed by atoms with Gasteiger partial charge in [-0.05, 0) is 24.3 Å². The van der Waals surface area contributed by atoms with Gasteiger partial charge in [-0.25, -0.2) is 0 Å². The predicted octanol–water partition coefficient (Wildman–Crippen LogP) is 4.58. The van der Waals surface area contributed by atoms with Crippen LogP contribution in [0.25, 0.3) is 0 Å². The van der Waals surface area contributed by atoms with Gasteiger partial charge in [0.1, 0.15) is 5.57 Å². The maximum atomic E-state index is 12.9. The van der Waals surface area contributed by atoms with Crippen LogP contribution in [0.2, 0.25) is 0 Å². The molecule has 0 aliphatic carbocycles. The average Bonchev–Trinajstić information content (AvgIpc) is 2.51. The molecule has 0 spiro atoms. The minimum atomic E-state index is -4.52. The fourth-order valence-corrected chi connectivity index (χ4v) is 1.56. The van der Waals surface area contributed by atoms with Crippen LogP contribution in [0.1, 0.15) is 11.1 Å². The maximum Gasteiger partial charge on any atom is 0.424 e. The third-order valence-electron chi connectivity index (χ3n) is 2.63. The van der Waals surface area contributed by atoms with Crippen LogP contribution >= 0.6 is 0 Å². The van der Waals surface area contributed by atoms with Gasteiger partial charge in [0.15, 0.2) is 0 Å². The summed E-state index contributed by atoms with van der Waals surface area (Å²) in [4.78, 5) is 0. The lowest BCUT2D eigenvalue weighted by Crippen LogP contribution is -2.10. The van der Waals surface area contributed by atoms with E-state index >= 15 is 0 Å². The van der Waals surface area contributed by atoms with Crippen LogP contribution in [-0.4, -0.2) is 6.18 Å². The monoisotopic (exact) mass is 296 g/mol. The first-order chi connectivity index (χ1) is 10.6. The number of hydrogen-bond donors (Lipinski definition) is 0. The van der Waals surface area contributed by atoms with Gasteiger partial charge in [-0.3, -0.25) is 0 Å². The van der Waals surface area contributed by atoms with Crippen molar-refractivity contribution in [3.8, 4) is 23.7 Å². The number of benzene rings is 2. The molecule has 0 nitrogen and oxygen atoms in total. The zero-order chi connectivity index (χ0) is 15.8. The Morgan fingerprint density at radius 2 is 1.27 bits per heavy atom. The van der Waals surface area contributed by atoms with Crippen molar-refractivity contribution in [3.05, 3.63) is 83.4 Å². The van der Waals surface area contributed by atoms with Gasteiger partial charge in [-0.1, -0.05) is 60.1 Å². The molecule has 0 heterocycles. The van der Waals surface area contributed by atoms with Crippen LogP contribution in [0.5, 0.6) is 0 Å². The summed E-state index contributed by atoms with van der Waals surface area (Å²) in [5.74, 6) is 9.70. The van der Waals surface area contributed by atoms with Gasteiger partial charge in [0.25, 0.3) is 0 Å². The Bertz CT molecular complexity index is 762. The Morgan fingerprint density at radius 3 is 1.77 bits per heavy atom. The summed E-state index contributed by atoms with van der Waals surface area (Å²) in [6.07, 6.45) is -3.71. The molecule has 0 unspecified atom stereocenters. The van der Waals surface area contributed by atoms with Crippen LogP contribution in [0.15, 0.2) is 72.3 Å². The van der Waals surface area contributed by atoms with E-state index in [0.29, 0.717) is 11.1 Å². The van der Waals surface area contributed by atoms with Crippen molar-refractivity contribution < 1.29 is 13.2 Å². The highest BCUT2D eigenvalue weighted by Gasteiger charge is 2.32. The van der Waals surface area contributed by atoms with E-state index < -0.39 is 11.7 Å². The molecule has 0 aliphatic rings. The van der Waals surface area contributed by atoms with Gasteiger partial charge in [0.2, 0.25) is 0 Å². The third kappa shape index (κ3) is 4.89. The summed E-state index contributed by atoms with van der Waals surface area (Å²) in [5, 5.41) is 0. The van der Waals surface area contributed by atoms with Crippen LogP contribution in [-0.2, 0) is 0 Å². The Labute approximate surface area is 127 Å². The molecule has 22 heavy (non-hydrogen) atoms. The van der Waals surface area contributed by atoms with Gasteiger partial charge >= 0.3 is 6.18 Å². The summed E-state index contributed by atoms with van der Waals surface area (Å²) in [6.45, 7) is 0. The Hall–Kier alpha value is -2.91. The maximum absolute atomic E-state index is 12.9. The lowest BCUT2D eigenvalue weighted by molar-refractivity contribution is -0.0871. The van der Waals surface area contributed by atoms with E-state index in [0.717, 1.165) is 6.08 Å². The summed E-state index contributed by atoms with van der Waals surface area (Å²) >= 11 is 0. The molecule has 0 aliphatic heterocycles. The molecule has 0 radical (unpaired) electrons. The highest BCUT2D eigenvalue weighted by atomic mass is 19.4. The van der Waals surface area contributed by atoms with Crippen LogP contribution in [0.3, 0.4) is 0 Å². The Kier molecular flexibility index (Phi) is 5.07. The molecular formula is C19H11F3. The lowest BCUT2D eigenvalue weighted by atomic mass is 10.2. The van der Waals surface area contributed by atoms with Crippen molar-refractivity contribution in [2.45, 2.75) is 6.18 Å². The molecule has 0 saturated carbocycles. The fourth-order valence-electron chi connectivity index (χ4n) is 1.56. The van der Waals surface area contributed by atoms with Crippen molar-refractivity contribution in [2.24, 2.45) is 0 Å². The van der Waals surface area contributed by atoms with E-state index in [-0.39, 0.29) is 0 Å². The topological polar surface area (TPSA) is 0 Å². The van der Waals surface area contributed by atoms with Gasteiger partial charge in [-0.15, -0.1) is 0 Å². The molecule has 0 saturated heterocycles. The molecule has 0 aromatic heterocycles. The SMILES string of the molecule is FC(F)(F)/C(C#Cc1ccccc1)=C\C#Cc1ccccc1. The van der Waals surface area contributed by atoms with Crippen molar-refractivity contribution in [2.75, 3.05) is 0 Å². The first-order valence-electron chi connectivity index (χ1n) is 6.47. The molecule has 0 N–H and O–H groups in total. The molecule has 0 bridgehead atoms. The minimum absolute atomic E-state index is 0.522. The molecule has 0 fully saturated rings. The number of rotatable bonds is 0. The molecule has 0 atom stereocenters. The van der Waals surface area contributed by atoms with Crippen molar-refractivity contribution >= 4 is 0 Å². The van der Waals surface area contributed by atoms with Gasteiger partial charge in [0.05, 0.1) is 0 Å². The van der Waals surface area contributed by atoms with Gasteiger partial charge in [0, 0.05) is 17.2 Å². The molecule has 2 aromatic rings.